The molecule has 2 unspecified atom stereocenters. The Hall–Kier alpha value is -1.10. The summed E-state index contributed by atoms with van der Waals surface area (Å²) in [6.45, 7) is 2.39. The molecule has 0 bridgehead atoms. The highest BCUT2D eigenvalue weighted by molar-refractivity contribution is 5.85. The van der Waals surface area contributed by atoms with Crippen molar-refractivity contribution in [1.82, 2.24) is 5.32 Å². The molecule has 1 aliphatic rings. The van der Waals surface area contributed by atoms with Gasteiger partial charge in [0.25, 0.3) is 0 Å². The number of hydrogen-bond acceptors (Lipinski definition) is 4. The van der Waals surface area contributed by atoms with E-state index < -0.39 is 12.1 Å². The molecule has 2 N–H and O–H groups in total. The van der Waals surface area contributed by atoms with Crippen LogP contribution in [-0.4, -0.2) is 35.7 Å². The third-order valence-corrected chi connectivity index (χ3v) is 2.58. The van der Waals surface area contributed by atoms with Crippen LogP contribution in [0.1, 0.15) is 39.0 Å². The average molecular weight is 229 g/mol. The van der Waals surface area contributed by atoms with Crippen molar-refractivity contribution in [3.05, 3.63) is 0 Å². The van der Waals surface area contributed by atoms with E-state index in [2.05, 4.69) is 5.32 Å². The minimum Gasteiger partial charge on any atom is -0.464 e. The first-order chi connectivity index (χ1) is 7.63. The molecule has 0 saturated carbocycles. The average Bonchev–Trinajstić information content (AvgIpc) is 2.61. The van der Waals surface area contributed by atoms with Crippen LogP contribution >= 0.6 is 0 Å². The number of ether oxygens (including phenoxy) is 1. The maximum atomic E-state index is 11.4. The van der Waals surface area contributed by atoms with Crippen LogP contribution in [0.4, 0.5) is 0 Å². The Labute approximate surface area is 95.2 Å². The summed E-state index contributed by atoms with van der Waals surface area (Å²) in [7, 11) is 0. The van der Waals surface area contributed by atoms with Gasteiger partial charge in [0.05, 0.1) is 19.1 Å². The molecule has 0 aromatic heterocycles. The number of amides is 1. The summed E-state index contributed by atoms with van der Waals surface area (Å²) in [5, 5.41) is 12.1. The molecule has 1 amide bonds. The van der Waals surface area contributed by atoms with Gasteiger partial charge < -0.3 is 15.2 Å². The maximum Gasteiger partial charge on any atom is 0.328 e. The Morgan fingerprint density at radius 1 is 1.69 bits per heavy atom. The first-order valence-corrected chi connectivity index (χ1v) is 5.77. The van der Waals surface area contributed by atoms with Crippen LogP contribution in [0.25, 0.3) is 0 Å². The second-order valence-electron chi connectivity index (χ2n) is 4.08. The summed E-state index contributed by atoms with van der Waals surface area (Å²) >= 11 is 0. The minimum absolute atomic E-state index is 0.0593. The Morgan fingerprint density at radius 3 is 3.00 bits per heavy atom. The first-order valence-electron chi connectivity index (χ1n) is 5.77. The smallest absolute Gasteiger partial charge is 0.328 e. The third-order valence-electron chi connectivity index (χ3n) is 2.58. The lowest BCUT2D eigenvalue weighted by Crippen LogP contribution is -2.39. The van der Waals surface area contributed by atoms with Crippen LogP contribution in [0, 0.1) is 0 Å². The highest BCUT2D eigenvalue weighted by Gasteiger charge is 2.28. The molecule has 16 heavy (non-hydrogen) atoms. The number of unbranched alkanes of at least 4 members (excludes halogenated alkanes) is 1. The topological polar surface area (TPSA) is 75.6 Å². The molecule has 1 fully saturated rings. The molecule has 0 radical (unpaired) electrons. The second-order valence-corrected chi connectivity index (χ2v) is 4.08. The van der Waals surface area contributed by atoms with E-state index in [-0.39, 0.29) is 18.3 Å². The highest BCUT2D eigenvalue weighted by atomic mass is 16.5. The molecule has 1 aliphatic heterocycles. The summed E-state index contributed by atoms with van der Waals surface area (Å²) in [6, 6.07) is -0.522. The zero-order valence-electron chi connectivity index (χ0n) is 9.57. The van der Waals surface area contributed by atoms with Crippen molar-refractivity contribution in [2.24, 2.45) is 0 Å². The molecule has 5 nitrogen and oxygen atoms in total. The minimum atomic E-state index is -0.614. The molecule has 1 saturated heterocycles. The van der Waals surface area contributed by atoms with Crippen LogP contribution in [-0.2, 0) is 14.3 Å². The molecule has 0 aliphatic carbocycles. The van der Waals surface area contributed by atoms with E-state index in [0.717, 1.165) is 12.8 Å². The molecule has 2 atom stereocenters. The fourth-order valence-corrected chi connectivity index (χ4v) is 1.64. The Kier molecular flexibility index (Phi) is 5.25. The van der Waals surface area contributed by atoms with Gasteiger partial charge in [0, 0.05) is 6.42 Å². The number of aliphatic hydroxyl groups excluding tert-OH is 1. The van der Waals surface area contributed by atoms with Crippen LogP contribution in [0.3, 0.4) is 0 Å². The number of aliphatic hydroxyl groups is 1. The summed E-state index contributed by atoms with van der Waals surface area (Å²) in [4.78, 5) is 22.5. The van der Waals surface area contributed by atoms with Crippen LogP contribution in [0.15, 0.2) is 0 Å². The first kappa shape index (κ1) is 13.0. The molecule has 1 rings (SSSR count). The Morgan fingerprint density at radius 2 is 2.44 bits per heavy atom. The molecule has 92 valence electrons. The maximum absolute atomic E-state index is 11.4. The number of esters is 1. The molecule has 0 aromatic carbocycles. The molecule has 5 heteroatoms. The Balaban J connectivity index is 2.22. The van der Waals surface area contributed by atoms with Crippen molar-refractivity contribution in [3.8, 4) is 0 Å². The molecule has 0 aromatic rings. The van der Waals surface area contributed by atoms with E-state index in [1.165, 1.54) is 0 Å². The lowest BCUT2D eigenvalue weighted by Gasteiger charge is -2.12. The highest BCUT2D eigenvalue weighted by Crippen LogP contribution is 2.08. The van der Waals surface area contributed by atoms with Gasteiger partial charge in [0.1, 0.15) is 6.04 Å². The number of carbonyl (C=O) groups is 2. The van der Waals surface area contributed by atoms with Crippen molar-refractivity contribution in [2.75, 3.05) is 6.61 Å². The SMILES string of the molecule is CCCCC(O)CC(=O)NC1CCOC1=O. The van der Waals surface area contributed by atoms with Crippen LogP contribution < -0.4 is 5.32 Å². The van der Waals surface area contributed by atoms with Crippen molar-refractivity contribution in [3.63, 3.8) is 0 Å². The summed E-state index contributed by atoms with van der Waals surface area (Å²) in [5.41, 5.74) is 0. The lowest BCUT2D eigenvalue weighted by atomic mass is 10.1. The van der Waals surface area contributed by atoms with Crippen LogP contribution in [0.2, 0.25) is 0 Å². The monoisotopic (exact) mass is 229 g/mol. The summed E-state index contributed by atoms with van der Waals surface area (Å²) in [5.74, 6) is -0.663. The predicted octanol–water partition coefficient (Wildman–Crippen LogP) is 0.359. The predicted molar refractivity (Wildman–Crippen MR) is 57.7 cm³/mol. The largest absolute Gasteiger partial charge is 0.464 e. The standard InChI is InChI=1S/C11H19NO4/c1-2-3-4-8(13)7-10(14)12-9-5-6-16-11(9)15/h8-9,13H,2-7H2,1H3,(H,12,14). The van der Waals surface area contributed by atoms with Crippen molar-refractivity contribution in [1.29, 1.82) is 0 Å². The molecular weight excluding hydrogens is 210 g/mol. The lowest BCUT2D eigenvalue weighted by molar-refractivity contribution is -0.141. The zero-order valence-corrected chi connectivity index (χ0v) is 9.57. The van der Waals surface area contributed by atoms with E-state index in [9.17, 15) is 14.7 Å². The Bertz CT molecular complexity index is 254. The van der Waals surface area contributed by atoms with Crippen molar-refractivity contribution in [2.45, 2.75) is 51.2 Å². The molecular formula is C11H19NO4. The van der Waals surface area contributed by atoms with Gasteiger partial charge in [0.15, 0.2) is 0 Å². The quantitative estimate of drug-likeness (QED) is 0.645. The van der Waals surface area contributed by atoms with Crippen LogP contribution in [0.5, 0.6) is 0 Å². The second kappa shape index (κ2) is 6.48. The number of carbonyl (C=O) groups excluding carboxylic acids is 2. The molecule has 1 heterocycles. The fraction of sp³-hybridized carbons (Fsp3) is 0.818. The number of rotatable bonds is 6. The summed E-state index contributed by atoms with van der Waals surface area (Å²) in [6.07, 6.45) is 2.49. The van der Waals surface area contributed by atoms with Gasteiger partial charge in [-0.3, -0.25) is 4.79 Å². The van der Waals surface area contributed by atoms with E-state index >= 15 is 0 Å². The molecule has 0 spiro atoms. The summed E-state index contributed by atoms with van der Waals surface area (Å²) < 4.78 is 4.72. The van der Waals surface area contributed by atoms with Crippen molar-refractivity contribution >= 4 is 11.9 Å². The van der Waals surface area contributed by atoms with Gasteiger partial charge >= 0.3 is 5.97 Å². The van der Waals surface area contributed by atoms with Gasteiger partial charge in [-0.25, -0.2) is 4.79 Å². The normalized spacial score (nSPS) is 21.6. The van der Waals surface area contributed by atoms with Gasteiger partial charge in [-0.05, 0) is 6.42 Å². The van der Waals surface area contributed by atoms with Gasteiger partial charge in [-0.1, -0.05) is 19.8 Å². The third kappa shape index (κ3) is 4.18. The van der Waals surface area contributed by atoms with E-state index in [1.807, 2.05) is 6.92 Å². The van der Waals surface area contributed by atoms with Gasteiger partial charge in [-0.15, -0.1) is 0 Å². The number of nitrogens with one attached hydrogen (secondary N) is 1. The zero-order chi connectivity index (χ0) is 12.0. The van der Waals surface area contributed by atoms with E-state index in [1.54, 1.807) is 0 Å². The van der Waals surface area contributed by atoms with Crippen molar-refractivity contribution < 1.29 is 19.4 Å². The number of hydrogen-bond donors (Lipinski definition) is 2. The fourth-order valence-electron chi connectivity index (χ4n) is 1.64. The van der Waals surface area contributed by atoms with E-state index in [4.69, 9.17) is 4.74 Å². The number of cyclic esters (lactones) is 1. The van der Waals surface area contributed by atoms with E-state index in [0.29, 0.717) is 19.4 Å². The van der Waals surface area contributed by atoms with Gasteiger partial charge in [0.2, 0.25) is 5.91 Å². The van der Waals surface area contributed by atoms with Gasteiger partial charge in [-0.2, -0.15) is 0 Å².